The number of nitrogens with one attached hydrogen (secondary N) is 1. The van der Waals surface area contributed by atoms with Gasteiger partial charge in [0.15, 0.2) is 0 Å². The largest absolute Gasteiger partial charge is 0.338 e. The Morgan fingerprint density at radius 2 is 2.17 bits per heavy atom. The summed E-state index contributed by atoms with van der Waals surface area (Å²) in [6, 6.07) is 8.33. The van der Waals surface area contributed by atoms with E-state index in [1.165, 1.54) is 5.56 Å². The maximum Gasteiger partial charge on any atom is 0.227 e. The van der Waals surface area contributed by atoms with Crippen molar-refractivity contribution in [3.8, 4) is 0 Å². The number of benzene rings is 1. The van der Waals surface area contributed by atoms with Crippen LogP contribution >= 0.6 is 0 Å². The van der Waals surface area contributed by atoms with E-state index in [0.29, 0.717) is 25.4 Å². The minimum absolute atomic E-state index is 0.131. The molecule has 2 heterocycles. The average Bonchev–Trinajstić information content (AvgIpc) is 3.12. The van der Waals surface area contributed by atoms with Crippen molar-refractivity contribution in [1.29, 1.82) is 0 Å². The van der Waals surface area contributed by atoms with Gasteiger partial charge in [-0.1, -0.05) is 25.1 Å². The van der Waals surface area contributed by atoms with E-state index in [0.717, 1.165) is 44.6 Å². The summed E-state index contributed by atoms with van der Waals surface area (Å²) in [6.45, 7) is 5.26. The second-order valence-electron chi connectivity index (χ2n) is 6.66. The summed E-state index contributed by atoms with van der Waals surface area (Å²) in [4.78, 5) is 28.9. The molecule has 1 atom stereocenters. The molecule has 0 aromatic heterocycles. The molecular weight excluding hydrogens is 302 g/mol. The van der Waals surface area contributed by atoms with Crippen molar-refractivity contribution in [2.75, 3.05) is 31.1 Å². The Labute approximate surface area is 144 Å². The maximum atomic E-state index is 12.7. The predicted octanol–water partition coefficient (Wildman–Crippen LogP) is 1.96. The standard InChI is InChI=1S/C19H27N3O2/c1-2-12-21(16-9-11-20-14-16)19(24)10-13-22-17-6-4-3-5-15(17)7-8-18(22)23/h3-6,16,20H,2,7-14H2,1H3. The molecule has 1 saturated heterocycles. The van der Waals surface area contributed by atoms with Crippen molar-refractivity contribution in [3.05, 3.63) is 29.8 Å². The molecule has 5 nitrogen and oxygen atoms in total. The van der Waals surface area contributed by atoms with Crippen molar-refractivity contribution in [3.63, 3.8) is 0 Å². The van der Waals surface area contributed by atoms with Gasteiger partial charge in [0.05, 0.1) is 0 Å². The van der Waals surface area contributed by atoms with Crippen LogP contribution in [0.15, 0.2) is 24.3 Å². The van der Waals surface area contributed by atoms with Gasteiger partial charge in [-0.25, -0.2) is 0 Å². The molecule has 0 spiro atoms. The molecule has 1 unspecified atom stereocenters. The number of carbonyl (C=O) groups is 2. The van der Waals surface area contributed by atoms with Gasteiger partial charge in [0.2, 0.25) is 11.8 Å². The summed E-state index contributed by atoms with van der Waals surface area (Å²) in [5.41, 5.74) is 2.18. The first-order valence-electron chi connectivity index (χ1n) is 9.09. The van der Waals surface area contributed by atoms with Crippen molar-refractivity contribution < 1.29 is 9.59 Å². The summed E-state index contributed by atoms with van der Waals surface area (Å²) in [7, 11) is 0. The molecule has 1 fully saturated rings. The number of rotatable bonds is 6. The maximum absolute atomic E-state index is 12.7. The van der Waals surface area contributed by atoms with Crippen LogP contribution < -0.4 is 10.2 Å². The Kier molecular flexibility index (Phi) is 5.51. The molecule has 1 aromatic rings. The fourth-order valence-corrected chi connectivity index (χ4v) is 3.75. The van der Waals surface area contributed by atoms with Gasteiger partial charge in [-0.15, -0.1) is 0 Å². The number of nitrogens with zero attached hydrogens (tertiary/aromatic N) is 2. The molecule has 0 saturated carbocycles. The highest BCUT2D eigenvalue weighted by atomic mass is 16.2. The van der Waals surface area contributed by atoms with E-state index in [9.17, 15) is 9.59 Å². The highest BCUT2D eigenvalue weighted by Crippen LogP contribution is 2.27. The highest BCUT2D eigenvalue weighted by molar-refractivity contribution is 5.97. The first-order chi connectivity index (χ1) is 11.7. The van der Waals surface area contributed by atoms with E-state index in [4.69, 9.17) is 0 Å². The van der Waals surface area contributed by atoms with Crippen molar-refractivity contribution in [2.24, 2.45) is 0 Å². The summed E-state index contributed by atoms with van der Waals surface area (Å²) in [6.07, 6.45) is 3.73. The minimum Gasteiger partial charge on any atom is -0.338 e. The zero-order valence-corrected chi connectivity index (χ0v) is 14.5. The van der Waals surface area contributed by atoms with Gasteiger partial charge in [0.1, 0.15) is 0 Å². The summed E-state index contributed by atoms with van der Waals surface area (Å²) >= 11 is 0. The predicted molar refractivity (Wildman–Crippen MR) is 95.0 cm³/mol. The molecule has 5 heteroatoms. The number of fused-ring (bicyclic) bond motifs is 1. The van der Waals surface area contributed by atoms with Crippen LogP contribution in [0.4, 0.5) is 5.69 Å². The monoisotopic (exact) mass is 329 g/mol. The van der Waals surface area contributed by atoms with Gasteiger partial charge in [-0.2, -0.15) is 0 Å². The zero-order chi connectivity index (χ0) is 16.9. The lowest BCUT2D eigenvalue weighted by Gasteiger charge is -2.32. The normalized spacial score (nSPS) is 20.1. The topological polar surface area (TPSA) is 52.7 Å². The van der Waals surface area contributed by atoms with E-state index in [-0.39, 0.29) is 11.8 Å². The van der Waals surface area contributed by atoms with Crippen molar-refractivity contribution in [1.82, 2.24) is 10.2 Å². The van der Waals surface area contributed by atoms with E-state index < -0.39 is 0 Å². The fourth-order valence-electron chi connectivity index (χ4n) is 3.75. The fraction of sp³-hybridized carbons (Fsp3) is 0.579. The van der Waals surface area contributed by atoms with Crippen LogP contribution in [-0.2, 0) is 16.0 Å². The summed E-state index contributed by atoms with van der Waals surface area (Å²) in [5, 5.41) is 3.33. The van der Waals surface area contributed by atoms with Crippen LogP contribution in [0.1, 0.15) is 38.2 Å². The molecule has 2 aliphatic heterocycles. The average molecular weight is 329 g/mol. The van der Waals surface area contributed by atoms with Crippen LogP contribution in [0.3, 0.4) is 0 Å². The number of carbonyl (C=O) groups excluding carboxylic acids is 2. The third-order valence-corrected chi connectivity index (χ3v) is 5.00. The number of aryl methyl sites for hydroxylation is 1. The smallest absolute Gasteiger partial charge is 0.227 e. The van der Waals surface area contributed by atoms with Gasteiger partial charge in [-0.3, -0.25) is 9.59 Å². The first kappa shape index (κ1) is 17.0. The Morgan fingerprint density at radius 1 is 1.33 bits per heavy atom. The summed E-state index contributed by atoms with van der Waals surface area (Å²) < 4.78 is 0. The number of amides is 2. The third kappa shape index (κ3) is 3.61. The molecule has 0 aliphatic carbocycles. The van der Waals surface area contributed by atoms with Crippen molar-refractivity contribution in [2.45, 2.75) is 45.1 Å². The van der Waals surface area contributed by atoms with E-state index in [2.05, 4.69) is 18.3 Å². The van der Waals surface area contributed by atoms with Crippen molar-refractivity contribution >= 4 is 17.5 Å². The van der Waals surface area contributed by atoms with Gasteiger partial charge in [-0.05, 0) is 37.4 Å². The molecule has 1 N–H and O–H groups in total. The second-order valence-corrected chi connectivity index (χ2v) is 6.66. The quantitative estimate of drug-likeness (QED) is 0.868. The number of para-hydroxylation sites is 1. The van der Waals surface area contributed by atoms with Gasteiger partial charge in [0.25, 0.3) is 0 Å². The molecule has 2 aliphatic rings. The number of hydrogen-bond acceptors (Lipinski definition) is 3. The van der Waals surface area contributed by atoms with Crippen LogP contribution in [-0.4, -0.2) is 48.9 Å². The van der Waals surface area contributed by atoms with Gasteiger partial charge >= 0.3 is 0 Å². The molecule has 24 heavy (non-hydrogen) atoms. The first-order valence-corrected chi connectivity index (χ1v) is 9.09. The number of hydrogen-bond donors (Lipinski definition) is 1. The van der Waals surface area contributed by atoms with Crippen LogP contribution in [0.5, 0.6) is 0 Å². The Hall–Kier alpha value is -1.88. The lowest BCUT2D eigenvalue weighted by Crippen LogP contribution is -2.44. The molecular formula is C19H27N3O2. The molecule has 0 radical (unpaired) electrons. The lowest BCUT2D eigenvalue weighted by atomic mass is 10.0. The SMILES string of the molecule is CCCN(C(=O)CCN1C(=O)CCc2ccccc21)C1CCNC1. The molecule has 0 bridgehead atoms. The third-order valence-electron chi connectivity index (χ3n) is 5.00. The Bertz CT molecular complexity index is 596. The van der Waals surface area contributed by atoms with E-state index in [1.807, 2.05) is 23.1 Å². The molecule has 2 amide bonds. The highest BCUT2D eigenvalue weighted by Gasteiger charge is 2.28. The van der Waals surface area contributed by atoms with Crippen LogP contribution in [0.2, 0.25) is 0 Å². The van der Waals surface area contributed by atoms with Gasteiger partial charge < -0.3 is 15.1 Å². The second kappa shape index (κ2) is 7.79. The Balaban J connectivity index is 1.65. The molecule has 1 aromatic carbocycles. The summed E-state index contributed by atoms with van der Waals surface area (Å²) in [5.74, 6) is 0.299. The zero-order valence-electron chi connectivity index (χ0n) is 14.5. The van der Waals surface area contributed by atoms with Crippen LogP contribution in [0.25, 0.3) is 0 Å². The number of anilines is 1. The Morgan fingerprint density at radius 3 is 2.92 bits per heavy atom. The minimum atomic E-state index is 0.131. The van der Waals surface area contributed by atoms with E-state index >= 15 is 0 Å². The van der Waals surface area contributed by atoms with E-state index in [1.54, 1.807) is 4.90 Å². The molecule has 3 rings (SSSR count). The lowest BCUT2D eigenvalue weighted by molar-refractivity contribution is -0.133. The van der Waals surface area contributed by atoms with Gasteiger partial charge in [0, 0.05) is 44.2 Å². The molecule has 130 valence electrons. The van der Waals surface area contributed by atoms with Crippen LogP contribution in [0, 0.1) is 0 Å².